The Morgan fingerprint density at radius 2 is 1.65 bits per heavy atom. The fourth-order valence-electron chi connectivity index (χ4n) is 5.11. The highest BCUT2D eigenvalue weighted by molar-refractivity contribution is 6.05. The fraction of sp³-hybridized carbons (Fsp3) is 0.188. The minimum Gasteiger partial charge on any atom is -0.459 e. The third-order valence-electron chi connectivity index (χ3n) is 7.30. The summed E-state index contributed by atoms with van der Waals surface area (Å²) < 4.78 is 5.30. The van der Waals surface area contributed by atoms with Crippen LogP contribution in [0.2, 0.25) is 0 Å². The zero-order valence-electron chi connectivity index (χ0n) is 23.9. The number of nitrogens with two attached hydrogens (primary N) is 1. The second-order valence-electron chi connectivity index (χ2n) is 10.1. The van der Waals surface area contributed by atoms with Crippen LogP contribution >= 0.6 is 0 Å². The van der Waals surface area contributed by atoms with Gasteiger partial charge < -0.3 is 30.7 Å². The molecule has 0 radical (unpaired) electrons. The molecule has 1 aliphatic heterocycles. The van der Waals surface area contributed by atoms with Crippen LogP contribution in [0, 0.1) is 6.92 Å². The van der Waals surface area contributed by atoms with Crippen molar-refractivity contribution in [1.29, 1.82) is 0 Å². The number of hydrogen-bond donors (Lipinski definition) is 4. The van der Waals surface area contributed by atoms with Gasteiger partial charge in [-0.25, -0.2) is 0 Å². The molecule has 1 saturated heterocycles. The Morgan fingerprint density at radius 1 is 0.884 bits per heavy atom. The number of hydrogen-bond acceptors (Lipinski definition) is 8. The fourth-order valence-corrected chi connectivity index (χ4v) is 5.11. The van der Waals surface area contributed by atoms with E-state index in [2.05, 4.69) is 67.9 Å². The normalized spacial score (nSPS) is 13.4. The van der Waals surface area contributed by atoms with Crippen molar-refractivity contribution in [2.45, 2.75) is 13.5 Å². The molecular formula is C32H34N8O3. The van der Waals surface area contributed by atoms with Crippen molar-refractivity contribution < 1.29 is 14.0 Å². The number of amidine groups is 1. The molecule has 220 valence electrons. The quantitative estimate of drug-likeness (QED) is 0.102. The molecule has 1 aliphatic rings. The molecule has 0 saturated carbocycles. The van der Waals surface area contributed by atoms with E-state index in [1.807, 2.05) is 36.4 Å². The van der Waals surface area contributed by atoms with E-state index in [4.69, 9.17) is 10.3 Å². The summed E-state index contributed by atoms with van der Waals surface area (Å²) in [6.07, 6.45) is 1.45. The predicted molar refractivity (Wildman–Crippen MR) is 170 cm³/mol. The first-order valence-corrected chi connectivity index (χ1v) is 13.9. The van der Waals surface area contributed by atoms with Gasteiger partial charge in [0.1, 0.15) is 0 Å². The van der Waals surface area contributed by atoms with Crippen LogP contribution in [0.15, 0.2) is 99.7 Å². The first-order chi connectivity index (χ1) is 21.0. The number of nitrogens with zero attached hydrogens (tertiary/aromatic N) is 4. The molecule has 11 nitrogen and oxygen atoms in total. The number of hydrazone groups is 2. The average Bonchev–Trinajstić information content (AvgIpc) is 3.59. The lowest BCUT2D eigenvalue weighted by molar-refractivity contribution is 0.0949. The van der Waals surface area contributed by atoms with Gasteiger partial charge in [0.15, 0.2) is 11.6 Å². The Hall–Kier alpha value is -5.58. The second kappa shape index (κ2) is 13.4. The topological polar surface area (TPSA) is 141 Å². The van der Waals surface area contributed by atoms with Crippen LogP contribution in [0.25, 0.3) is 0 Å². The summed E-state index contributed by atoms with van der Waals surface area (Å²) in [4.78, 5) is 30.8. The lowest BCUT2D eigenvalue weighted by Crippen LogP contribution is -2.47. The lowest BCUT2D eigenvalue weighted by Gasteiger charge is -2.38. The monoisotopic (exact) mass is 578 g/mol. The van der Waals surface area contributed by atoms with Crippen molar-refractivity contribution in [2.75, 3.05) is 41.3 Å². The number of amides is 2. The number of para-hydroxylation sites is 1. The summed E-state index contributed by atoms with van der Waals surface area (Å²) in [5, 5.41) is 13.2. The lowest BCUT2D eigenvalue weighted by atomic mass is 10.1. The molecule has 11 heteroatoms. The molecule has 5 N–H and O–H groups in total. The van der Waals surface area contributed by atoms with Crippen LogP contribution < -0.4 is 31.7 Å². The van der Waals surface area contributed by atoms with Crippen molar-refractivity contribution in [2.24, 2.45) is 16.0 Å². The summed E-state index contributed by atoms with van der Waals surface area (Å²) >= 11 is 0. The smallest absolute Gasteiger partial charge is 0.291 e. The summed E-state index contributed by atoms with van der Waals surface area (Å²) in [5.74, 6) is 5.32. The summed E-state index contributed by atoms with van der Waals surface area (Å²) in [6, 6.07) is 24.4. The molecule has 0 unspecified atom stereocenters. The van der Waals surface area contributed by atoms with Crippen LogP contribution in [-0.4, -0.2) is 50.5 Å². The molecule has 3 aromatic carbocycles. The van der Waals surface area contributed by atoms with Gasteiger partial charge >= 0.3 is 0 Å². The molecule has 2 heterocycles. The Labute approximate surface area is 250 Å². The first kappa shape index (κ1) is 28.9. The highest BCUT2D eigenvalue weighted by atomic mass is 16.3. The van der Waals surface area contributed by atoms with Gasteiger partial charge in [0.25, 0.3) is 11.8 Å². The number of carbonyl (C=O) groups excluding carboxylic acids is 2. The Bertz CT molecular complexity index is 1630. The number of aryl methyl sites for hydroxylation is 1. The second-order valence-corrected chi connectivity index (χ2v) is 10.1. The van der Waals surface area contributed by atoms with E-state index in [1.54, 1.807) is 24.3 Å². The molecule has 43 heavy (non-hydrogen) atoms. The van der Waals surface area contributed by atoms with E-state index in [0.717, 1.165) is 37.4 Å². The van der Waals surface area contributed by atoms with Crippen LogP contribution in [0.1, 0.15) is 37.6 Å². The van der Waals surface area contributed by atoms with Crippen LogP contribution in [0.5, 0.6) is 0 Å². The number of anilines is 3. The molecule has 1 fully saturated rings. The minimum absolute atomic E-state index is 0.187. The number of piperazine rings is 1. The van der Waals surface area contributed by atoms with Crippen molar-refractivity contribution in [3.63, 3.8) is 0 Å². The maximum atomic E-state index is 13.2. The number of rotatable bonds is 9. The predicted octanol–water partition coefficient (Wildman–Crippen LogP) is 3.92. The average molecular weight is 579 g/mol. The molecule has 0 aliphatic carbocycles. The Kier molecular flexibility index (Phi) is 9.01. The van der Waals surface area contributed by atoms with E-state index in [-0.39, 0.29) is 24.1 Å². The molecule has 0 bridgehead atoms. The van der Waals surface area contributed by atoms with Gasteiger partial charge in [0, 0.05) is 56.3 Å². The summed E-state index contributed by atoms with van der Waals surface area (Å²) in [6.45, 7) is 8.94. The standard InChI is InChI=1S/C32H34N8O3/c1-22-7-3-4-10-27(22)39-14-16-40(17-15-39)28-13-12-25(20-26(28)36-32(42)29-11-6-18-43-29)31(41)35-21-23-8-5-9-24(19-23)30(37-33)38-34-2/h3-13,18-20H,2,14-17,21,33H2,1H3,(H,35,41)(H,36,42)(H,37,38). The third kappa shape index (κ3) is 6.84. The highest BCUT2D eigenvalue weighted by Gasteiger charge is 2.23. The molecular weight excluding hydrogens is 544 g/mol. The van der Waals surface area contributed by atoms with Crippen molar-refractivity contribution in [3.05, 3.63) is 113 Å². The summed E-state index contributed by atoms with van der Waals surface area (Å²) in [7, 11) is 0. The maximum Gasteiger partial charge on any atom is 0.291 e. The van der Waals surface area contributed by atoms with Gasteiger partial charge in [-0.05, 0) is 60.5 Å². The summed E-state index contributed by atoms with van der Waals surface area (Å²) in [5.41, 5.74) is 8.44. The first-order valence-electron chi connectivity index (χ1n) is 13.9. The van der Waals surface area contributed by atoms with Crippen LogP contribution in [0.4, 0.5) is 17.1 Å². The van der Waals surface area contributed by atoms with Crippen molar-refractivity contribution >= 4 is 41.4 Å². The number of nitrogens with one attached hydrogen (secondary N) is 3. The number of benzene rings is 3. The molecule has 5 rings (SSSR count). The van der Waals surface area contributed by atoms with Gasteiger partial charge in [-0.15, -0.1) is 0 Å². The van der Waals surface area contributed by atoms with E-state index in [1.165, 1.54) is 17.5 Å². The van der Waals surface area contributed by atoms with Gasteiger partial charge in [0.2, 0.25) is 0 Å². The van der Waals surface area contributed by atoms with E-state index >= 15 is 0 Å². The number of furan rings is 1. The SMILES string of the molecule is C=NNC(=NN)c1cccc(CNC(=O)c2ccc(N3CCN(c4ccccc4C)CC3)c(NC(=O)c3ccco3)c2)c1. The van der Waals surface area contributed by atoms with Gasteiger partial charge in [-0.1, -0.05) is 36.4 Å². The molecule has 0 spiro atoms. The van der Waals surface area contributed by atoms with E-state index in [0.29, 0.717) is 22.6 Å². The van der Waals surface area contributed by atoms with Gasteiger partial charge in [0.05, 0.1) is 17.6 Å². The van der Waals surface area contributed by atoms with Crippen LogP contribution in [-0.2, 0) is 6.54 Å². The van der Waals surface area contributed by atoms with Crippen molar-refractivity contribution in [3.8, 4) is 0 Å². The van der Waals surface area contributed by atoms with Gasteiger partial charge in [-0.2, -0.15) is 10.2 Å². The molecule has 4 aromatic rings. The third-order valence-corrected chi connectivity index (χ3v) is 7.30. The molecule has 2 amide bonds. The van der Waals surface area contributed by atoms with E-state index in [9.17, 15) is 9.59 Å². The van der Waals surface area contributed by atoms with Gasteiger partial charge in [-0.3, -0.25) is 15.0 Å². The van der Waals surface area contributed by atoms with Crippen LogP contribution in [0.3, 0.4) is 0 Å². The maximum absolute atomic E-state index is 13.2. The van der Waals surface area contributed by atoms with E-state index < -0.39 is 0 Å². The molecule has 1 aromatic heterocycles. The number of carbonyl (C=O) groups is 2. The Morgan fingerprint density at radius 3 is 2.35 bits per heavy atom. The minimum atomic E-state index is -0.390. The highest BCUT2D eigenvalue weighted by Crippen LogP contribution is 2.30. The zero-order valence-corrected chi connectivity index (χ0v) is 23.9. The zero-order chi connectivity index (χ0) is 30.2. The molecule has 0 atom stereocenters. The Balaban J connectivity index is 1.33. The van der Waals surface area contributed by atoms with Crippen molar-refractivity contribution in [1.82, 2.24) is 10.7 Å². The largest absolute Gasteiger partial charge is 0.459 e.